The van der Waals surface area contributed by atoms with Crippen molar-refractivity contribution in [1.82, 2.24) is 24.8 Å². The second-order valence-corrected chi connectivity index (χ2v) is 13.2. The molecule has 3 N–H and O–H groups in total. The molecule has 290 valence electrons. The predicted molar refractivity (Wildman–Crippen MR) is 177 cm³/mol. The summed E-state index contributed by atoms with van der Waals surface area (Å²) in [6, 6.07) is 12.5. The number of carbonyl (C=O) groups excluding carboxylic acids is 1. The molecule has 0 bridgehead atoms. The van der Waals surface area contributed by atoms with Gasteiger partial charge >= 0.3 is 18.0 Å². The highest BCUT2D eigenvalue weighted by atomic mass is 19.4. The Labute approximate surface area is 302 Å². The van der Waals surface area contributed by atoms with Crippen molar-refractivity contribution in [2.45, 2.75) is 75.9 Å². The van der Waals surface area contributed by atoms with E-state index in [2.05, 4.69) is 5.32 Å². The zero-order valence-corrected chi connectivity index (χ0v) is 28.6. The standard InChI is InChI=1S/C36H36F7N5O6/c37-26-9-4-8-25(35(38,39)40)24(26)19-47-28-21-53-34(13-16-46(17-14-34)18-23-11-12-29(54-23)36(41,42)43)31(28)32(50)48(33(47)51)20-27(22-6-2-1-3-7-22)44-15-5-10-30(49)45-52/h1-4,6-9,11-12,27,44,52H,5,10,13-21H2,(H,45,49). The maximum atomic E-state index is 15.2. The van der Waals surface area contributed by atoms with E-state index in [0.29, 0.717) is 11.6 Å². The van der Waals surface area contributed by atoms with Crippen molar-refractivity contribution in [3.05, 3.63) is 127 Å². The van der Waals surface area contributed by atoms with E-state index >= 15 is 4.39 Å². The van der Waals surface area contributed by atoms with Gasteiger partial charge in [-0.15, -0.1) is 0 Å². The van der Waals surface area contributed by atoms with Crippen LogP contribution in [0.5, 0.6) is 0 Å². The number of benzene rings is 2. The number of nitrogens with zero attached hydrogens (tertiary/aromatic N) is 3. The molecule has 1 spiro atoms. The number of hydrogen-bond donors (Lipinski definition) is 3. The topological polar surface area (TPSA) is 131 Å². The fraction of sp³-hybridized carbons (Fsp3) is 0.417. The minimum Gasteiger partial charge on any atom is -0.455 e. The van der Waals surface area contributed by atoms with Crippen LogP contribution in [0, 0.1) is 5.82 Å². The van der Waals surface area contributed by atoms with E-state index in [1.807, 2.05) is 4.90 Å². The SMILES string of the molecule is O=C(CCCNC(Cn1c(=O)c2c(n(Cc3c(F)cccc3C(F)(F)F)c1=O)COC21CCN(Cc2ccc(C(F)(F)F)o2)CC1)c1ccccc1)NO. The number of nitrogens with one attached hydrogen (secondary N) is 2. The van der Waals surface area contributed by atoms with Crippen LogP contribution in [0.25, 0.3) is 0 Å². The summed E-state index contributed by atoms with van der Waals surface area (Å²) >= 11 is 0. The van der Waals surface area contributed by atoms with Gasteiger partial charge in [-0.05, 0) is 55.6 Å². The Morgan fingerprint density at radius 3 is 2.28 bits per heavy atom. The molecule has 1 atom stereocenters. The number of alkyl halides is 6. The highest BCUT2D eigenvalue weighted by molar-refractivity contribution is 5.74. The van der Waals surface area contributed by atoms with Crippen LogP contribution in [0.2, 0.25) is 0 Å². The number of amides is 1. The van der Waals surface area contributed by atoms with Crippen molar-refractivity contribution in [3.63, 3.8) is 0 Å². The molecule has 4 heterocycles. The van der Waals surface area contributed by atoms with Crippen LogP contribution in [-0.2, 0) is 53.7 Å². The minimum atomic E-state index is -4.96. The van der Waals surface area contributed by atoms with Gasteiger partial charge in [-0.2, -0.15) is 26.3 Å². The van der Waals surface area contributed by atoms with E-state index < -0.39 is 70.4 Å². The number of rotatable bonds is 12. The summed E-state index contributed by atoms with van der Waals surface area (Å²) in [5, 5.41) is 12.1. The highest BCUT2D eigenvalue weighted by Gasteiger charge is 2.47. The molecule has 11 nitrogen and oxygen atoms in total. The van der Waals surface area contributed by atoms with Gasteiger partial charge in [-0.25, -0.2) is 14.7 Å². The van der Waals surface area contributed by atoms with Crippen molar-refractivity contribution < 1.29 is 49.9 Å². The average molecular weight is 768 g/mol. The van der Waals surface area contributed by atoms with Gasteiger partial charge < -0.3 is 14.5 Å². The van der Waals surface area contributed by atoms with E-state index in [4.69, 9.17) is 14.4 Å². The molecular weight excluding hydrogens is 731 g/mol. The smallest absolute Gasteiger partial charge is 0.449 e. The summed E-state index contributed by atoms with van der Waals surface area (Å²) in [4.78, 5) is 42.2. The Morgan fingerprint density at radius 1 is 0.907 bits per heavy atom. The Morgan fingerprint density at radius 2 is 1.63 bits per heavy atom. The number of aromatic nitrogens is 2. The van der Waals surface area contributed by atoms with Gasteiger partial charge in [0.1, 0.15) is 17.2 Å². The molecule has 4 aromatic rings. The van der Waals surface area contributed by atoms with E-state index in [1.165, 1.54) is 6.07 Å². The maximum Gasteiger partial charge on any atom is 0.449 e. The summed E-state index contributed by atoms with van der Waals surface area (Å²) in [7, 11) is 0. The second kappa shape index (κ2) is 15.5. The molecule has 18 heteroatoms. The zero-order valence-electron chi connectivity index (χ0n) is 28.6. The van der Waals surface area contributed by atoms with E-state index in [1.54, 1.807) is 35.8 Å². The van der Waals surface area contributed by atoms with E-state index in [9.17, 15) is 40.7 Å². The fourth-order valence-corrected chi connectivity index (χ4v) is 7.13. The number of halogens is 7. The van der Waals surface area contributed by atoms with Gasteiger partial charge in [-0.1, -0.05) is 36.4 Å². The molecule has 1 amide bonds. The lowest BCUT2D eigenvalue weighted by Crippen LogP contribution is -2.50. The number of furan rings is 1. The van der Waals surface area contributed by atoms with Gasteiger partial charge in [0.15, 0.2) is 0 Å². The molecule has 2 aliphatic heterocycles. The molecule has 0 saturated carbocycles. The second-order valence-electron chi connectivity index (χ2n) is 13.2. The first kappa shape index (κ1) is 38.9. The summed E-state index contributed by atoms with van der Waals surface area (Å²) < 4.78 is 110. The number of fused-ring (bicyclic) bond motifs is 2. The largest absolute Gasteiger partial charge is 0.455 e. The lowest BCUT2D eigenvalue weighted by Gasteiger charge is -2.38. The Balaban J connectivity index is 1.39. The summed E-state index contributed by atoms with van der Waals surface area (Å²) in [5.41, 5.74) is -2.91. The molecule has 54 heavy (non-hydrogen) atoms. The van der Waals surface area contributed by atoms with Crippen molar-refractivity contribution in [3.8, 4) is 0 Å². The normalized spacial score (nSPS) is 16.4. The third kappa shape index (κ3) is 8.15. The summed E-state index contributed by atoms with van der Waals surface area (Å²) in [6.45, 7) is -0.838. The number of likely N-dealkylation sites (tertiary alicyclic amines) is 1. The fourth-order valence-electron chi connectivity index (χ4n) is 7.13. The van der Waals surface area contributed by atoms with Crippen LogP contribution in [0.3, 0.4) is 0 Å². The molecule has 0 radical (unpaired) electrons. The average Bonchev–Trinajstić information content (AvgIpc) is 3.76. The van der Waals surface area contributed by atoms with Gasteiger partial charge in [0.2, 0.25) is 11.7 Å². The van der Waals surface area contributed by atoms with Gasteiger partial charge in [-0.3, -0.25) is 28.8 Å². The predicted octanol–water partition coefficient (Wildman–Crippen LogP) is 5.47. The molecule has 2 aromatic heterocycles. The summed E-state index contributed by atoms with van der Waals surface area (Å²) in [6.07, 6.45) is -9.12. The van der Waals surface area contributed by atoms with Crippen molar-refractivity contribution in [2.24, 2.45) is 0 Å². The number of piperidine rings is 1. The number of hydrogen-bond acceptors (Lipinski definition) is 8. The van der Waals surface area contributed by atoms with Gasteiger partial charge in [0.05, 0.1) is 49.1 Å². The first-order valence-corrected chi connectivity index (χ1v) is 17.1. The van der Waals surface area contributed by atoms with E-state index in [-0.39, 0.29) is 82.0 Å². The molecule has 2 aromatic carbocycles. The molecular formula is C36H36F7N5O6. The van der Waals surface area contributed by atoms with Crippen LogP contribution < -0.4 is 22.0 Å². The summed E-state index contributed by atoms with van der Waals surface area (Å²) in [5.74, 6) is -2.89. The molecule has 1 saturated heterocycles. The number of carbonyl (C=O) groups is 1. The maximum absolute atomic E-state index is 15.2. The highest BCUT2D eigenvalue weighted by Crippen LogP contribution is 2.43. The molecule has 0 aliphatic carbocycles. The van der Waals surface area contributed by atoms with Crippen LogP contribution in [0.4, 0.5) is 30.7 Å². The third-order valence-corrected chi connectivity index (χ3v) is 9.86. The van der Waals surface area contributed by atoms with Gasteiger partial charge in [0.25, 0.3) is 5.56 Å². The van der Waals surface area contributed by atoms with Crippen molar-refractivity contribution in [1.29, 1.82) is 0 Å². The molecule has 1 unspecified atom stereocenters. The first-order chi connectivity index (χ1) is 25.6. The quantitative estimate of drug-likeness (QED) is 0.0750. The van der Waals surface area contributed by atoms with Crippen LogP contribution in [0.15, 0.2) is 74.7 Å². The molecule has 6 rings (SSSR count). The van der Waals surface area contributed by atoms with Crippen molar-refractivity contribution >= 4 is 5.91 Å². The zero-order chi connectivity index (χ0) is 38.8. The monoisotopic (exact) mass is 767 g/mol. The Kier molecular flexibility index (Phi) is 11.2. The van der Waals surface area contributed by atoms with Crippen molar-refractivity contribution in [2.75, 3.05) is 19.6 Å². The van der Waals surface area contributed by atoms with Gasteiger partial charge in [0, 0.05) is 25.1 Å². The third-order valence-electron chi connectivity index (χ3n) is 9.86. The Hall–Kier alpha value is -4.78. The first-order valence-electron chi connectivity index (χ1n) is 17.1. The van der Waals surface area contributed by atoms with Crippen LogP contribution >= 0.6 is 0 Å². The molecule has 1 fully saturated rings. The van der Waals surface area contributed by atoms with Crippen LogP contribution in [0.1, 0.15) is 71.2 Å². The van der Waals surface area contributed by atoms with E-state index in [0.717, 1.165) is 27.3 Å². The number of hydroxylamine groups is 1. The molecule has 2 aliphatic rings. The Bertz CT molecular complexity index is 2090. The minimum absolute atomic E-state index is 0.00571. The lowest BCUT2D eigenvalue weighted by molar-refractivity contribution is -0.153. The lowest BCUT2D eigenvalue weighted by atomic mass is 9.85. The van der Waals surface area contributed by atoms with Crippen LogP contribution in [-0.4, -0.2) is 44.8 Å². The number of ether oxygens (including phenoxy) is 1.